The molecule has 0 radical (unpaired) electrons. The summed E-state index contributed by atoms with van der Waals surface area (Å²) in [5.74, 6) is 0. The minimum Gasteiger partial charge on any atom is -0.394 e. The molecule has 2 saturated carbocycles. The van der Waals surface area contributed by atoms with Crippen LogP contribution >= 0.6 is 0 Å². The van der Waals surface area contributed by atoms with E-state index in [9.17, 15) is 5.11 Å². The Labute approximate surface area is 105 Å². The molecule has 2 aliphatic rings. The van der Waals surface area contributed by atoms with Gasteiger partial charge in [0.15, 0.2) is 0 Å². The minimum atomic E-state index is -0.0718. The third-order valence-corrected chi connectivity index (χ3v) is 4.01. The molecule has 3 heteroatoms. The van der Waals surface area contributed by atoms with Gasteiger partial charge in [-0.15, -0.1) is 0 Å². The van der Waals surface area contributed by atoms with E-state index < -0.39 is 0 Å². The van der Waals surface area contributed by atoms with Crippen LogP contribution in [0.5, 0.6) is 0 Å². The van der Waals surface area contributed by atoms with Crippen LogP contribution in [0, 0.1) is 0 Å². The Bertz CT molecular complexity index is 226. The number of ether oxygens (including phenoxy) is 1. The molecule has 0 aromatic rings. The molecule has 3 nitrogen and oxygen atoms in total. The van der Waals surface area contributed by atoms with Crippen molar-refractivity contribution in [1.29, 1.82) is 0 Å². The molecule has 0 bridgehead atoms. The Morgan fingerprint density at radius 3 is 2.53 bits per heavy atom. The largest absolute Gasteiger partial charge is 0.394 e. The highest BCUT2D eigenvalue weighted by molar-refractivity contribution is 4.92. The minimum absolute atomic E-state index is 0.0718. The van der Waals surface area contributed by atoms with Crippen molar-refractivity contribution in [2.75, 3.05) is 13.2 Å². The molecule has 2 rings (SSSR count). The predicted octanol–water partition coefficient (Wildman–Crippen LogP) is 2.23. The maximum Gasteiger partial charge on any atom is 0.0610 e. The summed E-state index contributed by atoms with van der Waals surface area (Å²) < 4.78 is 5.74. The first-order valence-electron chi connectivity index (χ1n) is 7.22. The molecule has 0 spiro atoms. The Balaban J connectivity index is 1.51. The number of nitrogens with one attached hydrogen (secondary N) is 1. The van der Waals surface area contributed by atoms with Crippen LogP contribution in [0.4, 0.5) is 0 Å². The van der Waals surface area contributed by atoms with Crippen LogP contribution in [-0.2, 0) is 4.74 Å². The summed E-state index contributed by atoms with van der Waals surface area (Å²) in [7, 11) is 0. The monoisotopic (exact) mass is 241 g/mol. The van der Waals surface area contributed by atoms with Crippen molar-refractivity contribution in [3.05, 3.63) is 0 Å². The SMILES string of the molecule is CC(CO)(CCCCOC1CCC1)NC1CC1. The number of rotatable bonds is 9. The fourth-order valence-electron chi connectivity index (χ4n) is 2.32. The number of aliphatic hydroxyl groups excluding tert-OH is 1. The van der Waals surface area contributed by atoms with Crippen LogP contribution in [0.3, 0.4) is 0 Å². The van der Waals surface area contributed by atoms with E-state index in [-0.39, 0.29) is 12.1 Å². The molecule has 0 heterocycles. The van der Waals surface area contributed by atoms with Crippen LogP contribution in [-0.4, -0.2) is 36.0 Å². The van der Waals surface area contributed by atoms with Gasteiger partial charge in [0.05, 0.1) is 12.7 Å². The third kappa shape index (κ3) is 4.57. The fourth-order valence-corrected chi connectivity index (χ4v) is 2.32. The quantitative estimate of drug-likeness (QED) is 0.608. The van der Waals surface area contributed by atoms with Gasteiger partial charge in [-0.25, -0.2) is 0 Å². The number of unbranched alkanes of at least 4 members (excludes halogenated alkanes) is 1. The molecule has 1 atom stereocenters. The summed E-state index contributed by atoms with van der Waals surface area (Å²) in [6.07, 6.45) is 10.3. The van der Waals surface area contributed by atoms with Gasteiger partial charge in [-0.05, 0) is 58.3 Å². The summed E-state index contributed by atoms with van der Waals surface area (Å²) in [4.78, 5) is 0. The fraction of sp³-hybridized carbons (Fsp3) is 1.00. The second-order valence-electron chi connectivity index (χ2n) is 6.02. The van der Waals surface area contributed by atoms with E-state index >= 15 is 0 Å². The van der Waals surface area contributed by atoms with E-state index in [4.69, 9.17) is 4.74 Å². The summed E-state index contributed by atoms with van der Waals surface area (Å²) >= 11 is 0. The van der Waals surface area contributed by atoms with Gasteiger partial charge in [0.2, 0.25) is 0 Å². The van der Waals surface area contributed by atoms with Crippen molar-refractivity contribution in [2.24, 2.45) is 0 Å². The molecular weight excluding hydrogens is 214 g/mol. The van der Waals surface area contributed by atoms with E-state index in [1.807, 2.05) is 0 Å². The average Bonchev–Trinajstić information content (AvgIpc) is 3.04. The molecule has 1 unspecified atom stereocenters. The van der Waals surface area contributed by atoms with Gasteiger partial charge in [-0.3, -0.25) is 0 Å². The summed E-state index contributed by atoms with van der Waals surface area (Å²) in [6, 6.07) is 0.665. The first kappa shape index (κ1) is 13.3. The highest BCUT2D eigenvalue weighted by Gasteiger charge is 2.31. The van der Waals surface area contributed by atoms with Crippen molar-refractivity contribution in [1.82, 2.24) is 5.32 Å². The highest BCUT2D eigenvalue weighted by atomic mass is 16.5. The van der Waals surface area contributed by atoms with Crippen molar-refractivity contribution in [3.63, 3.8) is 0 Å². The zero-order chi connectivity index (χ0) is 12.1. The van der Waals surface area contributed by atoms with Crippen LogP contribution in [0.25, 0.3) is 0 Å². The van der Waals surface area contributed by atoms with Crippen molar-refractivity contribution in [3.8, 4) is 0 Å². The topological polar surface area (TPSA) is 41.5 Å². The zero-order valence-corrected chi connectivity index (χ0v) is 11.1. The van der Waals surface area contributed by atoms with Crippen molar-refractivity contribution in [2.45, 2.75) is 76.0 Å². The Morgan fingerprint density at radius 2 is 2.00 bits per heavy atom. The molecule has 0 amide bonds. The van der Waals surface area contributed by atoms with Gasteiger partial charge in [0.25, 0.3) is 0 Å². The second kappa shape index (κ2) is 6.17. The molecule has 0 aromatic heterocycles. The second-order valence-corrected chi connectivity index (χ2v) is 6.02. The van der Waals surface area contributed by atoms with Crippen LogP contribution < -0.4 is 5.32 Å². The molecule has 0 aromatic carbocycles. The zero-order valence-electron chi connectivity index (χ0n) is 11.1. The molecule has 17 heavy (non-hydrogen) atoms. The van der Waals surface area contributed by atoms with Crippen molar-refractivity contribution < 1.29 is 9.84 Å². The van der Waals surface area contributed by atoms with E-state index in [2.05, 4.69) is 12.2 Å². The van der Waals surface area contributed by atoms with Gasteiger partial charge in [-0.2, -0.15) is 0 Å². The van der Waals surface area contributed by atoms with Crippen LogP contribution in [0.1, 0.15) is 58.3 Å². The highest BCUT2D eigenvalue weighted by Crippen LogP contribution is 2.25. The Hall–Kier alpha value is -0.120. The van der Waals surface area contributed by atoms with Crippen LogP contribution in [0.15, 0.2) is 0 Å². The van der Waals surface area contributed by atoms with Crippen LogP contribution in [0.2, 0.25) is 0 Å². The number of aliphatic hydroxyl groups is 1. The predicted molar refractivity (Wildman–Crippen MR) is 69.1 cm³/mol. The smallest absolute Gasteiger partial charge is 0.0610 e. The molecule has 2 N–H and O–H groups in total. The summed E-state index contributed by atoms with van der Waals surface area (Å²) in [5, 5.41) is 13.0. The maximum absolute atomic E-state index is 9.46. The lowest BCUT2D eigenvalue weighted by atomic mass is 9.95. The van der Waals surface area contributed by atoms with Gasteiger partial charge in [0, 0.05) is 18.2 Å². The van der Waals surface area contributed by atoms with Gasteiger partial charge >= 0.3 is 0 Å². The maximum atomic E-state index is 9.46. The van der Waals surface area contributed by atoms with E-state index in [0.717, 1.165) is 25.9 Å². The first-order valence-corrected chi connectivity index (χ1v) is 7.22. The van der Waals surface area contributed by atoms with E-state index in [1.165, 1.54) is 32.1 Å². The van der Waals surface area contributed by atoms with Gasteiger partial charge in [0.1, 0.15) is 0 Å². The van der Waals surface area contributed by atoms with Gasteiger partial charge < -0.3 is 15.2 Å². The van der Waals surface area contributed by atoms with Gasteiger partial charge in [-0.1, -0.05) is 0 Å². The molecule has 2 fully saturated rings. The standard InChI is InChI=1S/C14H27NO2/c1-14(11-16,15-12-7-8-12)9-2-3-10-17-13-5-4-6-13/h12-13,15-16H,2-11H2,1H3. The average molecular weight is 241 g/mol. The Kier molecular flexibility index (Phi) is 4.83. The lowest BCUT2D eigenvalue weighted by molar-refractivity contribution is -0.000206. The molecule has 100 valence electrons. The molecule has 0 aliphatic heterocycles. The number of hydrogen-bond acceptors (Lipinski definition) is 3. The molecular formula is C14H27NO2. The number of hydrogen-bond donors (Lipinski definition) is 2. The van der Waals surface area contributed by atoms with E-state index in [0.29, 0.717) is 12.1 Å². The Morgan fingerprint density at radius 1 is 1.24 bits per heavy atom. The first-order chi connectivity index (χ1) is 8.22. The molecule has 0 saturated heterocycles. The van der Waals surface area contributed by atoms with E-state index in [1.54, 1.807) is 0 Å². The summed E-state index contributed by atoms with van der Waals surface area (Å²) in [6.45, 7) is 3.28. The lowest BCUT2D eigenvalue weighted by Gasteiger charge is -2.29. The lowest BCUT2D eigenvalue weighted by Crippen LogP contribution is -2.46. The summed E-state index contributed by atoms with van der Waals surface area (Å²) in [5.41, 5.74) is -0.0718. The third-order valence-electron chi connectivity index (χ3n) is 4.01. The normalized spacial score (nSPS) is 24.4. The molecule has 2 aliphatic carbocycles. The van der Waals surface area contributed by atoms with Crippen molar-refractivity contribution >= 4 is 0 Å².